The van der Waals surface area contributed by atoms with Crippen LogP contribution >= 0.6 is 0 Å². The van der Waals surface area contributed by atoms with E-state index in [0.29, 0.717) is 24.3 Å². The van der Waals surface area contributed by atoms with Crippen molar-refractivity contribution < 1.29 is 23.8 Å². The first kappa shape index (κ1) is 27.0. The number of hydrogen-bond acceptors (Lipinski definition) is 5. The predicted octanol–water partition coefficient (Wildman–Crippen LogP) is 7.00. The molecule has 0 aliphatic heterocycles. The molecule has 0 aliphatic rings. The first-order valence-electron chi connectivity index (χ1n) is 13.6. The molecule has 6 nitrogen and oxygen atoms in total. The molecule has 0 fully saturated rings. The van der Waals surface area contributed by atoms with Gasteiger partial charge in [-0.05, 0) is 53.6 Å². The molecule has 0 radical (unpaired) electrons. The molecule has 0 spiro atoms. The van der Waals surface area contributed by atoms with Crippen LogP contribution < -0.4 is 9.47 Å². The van der Waals surface area contributed by atoms with Crippen molar-refractivity contribution in [1.82, 2.24) is 4.57 Å². The van der Waals surface area contributed by atoms with E-state index in [1.807, 2.05) is 95.7 Å². The number of carbonyl (C=O) groups is 2. The Morgan fingerprint density at radius 3 is 2.42 bits per heavy atom. The zero-order valence-corrected chi connectivity index (χ0v) is 22.9. The summed E-state index contributed by atoms with van der Waals surface area (Å²) in [4.78, 5) is 24.5. The number of esters is 1. The van der Waals surface area contributed by atoms with E-state index in [1.165, 1.54) is 12.7 Å². The van der Waals surface area contributed by atoms with Crippen molar-refractivity contribution in [3.63, 3.8) is 0 Å². The maximum Gasteiger partial charge on any atom is 0.325 e. The van der Waals surface area contributed by atoms with Crippen LogP contribution in [0.3, 0.4) is 0 Å². The summed E-state index contributed by atoms with van der Waals surface area (Å²) in [5, 5.41) is 3.16. The van der Waals surface area contributed by atoms with Crippen LogP contribution in [0.15, 0.2) is 91.1 Å². The van der Waals surface area contributed by atoms with E-state index < -0.39 is 0 Å². The first-order chi connectivity index (χ1) is 19.6. The van der Waals surface area contributed by atoms with E-state index in [9.17, 15) is 9.59 Å². The fourth-order valence-electron chi connectivity index (χ4n) is 4.96. The molecule has 204 valence electrons. The Morgan fingerprint density at radius 2 is 1.62 bits per heavy atom. The summed E-state index contributed by atoms with van der Waals surface area (Å²) in [5.74, 6) is 1.40. The Morgan fingerprint density at radius 1 is 0.800 bits per heavy atom. The van der Waals surface area contributed by atoms with Crippen LogP contribution in [0, 0.1) is 0 Å². The number of benzene rings is 4. The van der Waals surface area contributed by atoms with Crippen molar-refractivity contribution in [3.05, 3.63) is 108 Å². The predicted molar refractivity (Wildman–Crippen MR) is 157 cm³/mol. The monoisotopic (exact) mass is 535 g/mol. The number of ether oxygens (including phenoxy) is 3. The summed E-state index contributed by atoms with van der Waals surface area (Å²) in [5.41, 5.74) is 3.50. The highest BCUT2D eigenvalue weighted by Crippen LogP contribution is 2.31. The van der Waals surface area contributed by atoms with Crippen LogP contribution in [0.1, 0.15) is 41.3 Å². The number of nitrogens with zero attached hydrogens (tertiary/aromatic N) is 1. The maximum atomic E-state index is 12.9. The van der Waals surface area contributed by atoms with E-state index in [0.717, 1.165) is 52.4 Å². The highest BCUT2D eigenvalue weighted by molar-refractivity contribution is 6.10. The van der Waals surface area contributed by atoms with Crippen molar-refractivity contribution in [2.24, 2.45) is 0 Å². The molecular formula is C34H33NO5. The van der Waals surface area contributed by atoms with Gasteiger partial charge in [0, 0.05) is 40.2 Å². The lowest BCUT2D eigenvalue weighted by molar-refractivity contribution is -0.141. The maximum absolute atomic E-state index is 12.9. The molecular weight excluding hydrogens is 502 g/mol. The Labute approximate surface area is 234 Å². The third-order valence-electron chi connectivity index (χ3n) is 6.97. The van der Waals surface area contributed by atoms with Gasteiger partial charge in [-0.3, -0.25) is 9.59 Å². The minimum Gasteiger partial charge on any atom is -0.493 e. The molecule has 6 heteroatoms. The van der Waals surface area contributed by atoms with E-state index in [4.69, 9.17) is 14.2 Å². The summed E-state index contributed by atoms with van der Waals surface area (Å²) in [6, 6.07) is 27.1. The number of fused-ring (bicyclic) bond motifs is 2. The smallest absolute Gasteiger partial charge is 0.325 e. The van der Waals surface area contributed by atoms with Crippen molar-refractivity contribution in [2.75, 3.05) is 20.3 Å². The highest BCUT2D eigenvalue weighted by Gasteiger charge is 2.13. The highest BCUT2D eigenvalue weighted by atomic mass is 16.5. The van der Waals surface area contributed by atoms with Gasteiger partial charge in [-0.2, -0.15) is 0 Å². The lowest BCUT2D eigenvalue weighted by atomic mass is 9.95. The Balaban J connectivity index is 1.20. The molecule has 0 N–H and O–H groups in total. The van der Waals surface area contributed by atoms with Crippen LogP contribution in [-0.4, -0.2) is 36.6 Å². The zero-order valence-electron chi connectivity index (χ0n) is 22.9. The van der Waals surface area contributed by atoms with Crippen molar-refractivity contribution in [3.8, 4) is 11.5 Å². The standard InChI is InChI=1S/C34H33NO5/c1-3-8-30-29-14-11-27(34(37)24-9-5-4-6-10-24)21-25(29)12-16-32(30)40-20-7-19-39-28-13-15-31-26(22-28)17-18-35(31)23-33(36)38-2/h4-6,9-18,21-22H,3,7-8,19-20,23H2,1-2H3. The molecule has 1 aromatic heterocycles. The summed E-state index contributed by atoms with van der Waals surface area (Å²) >= 11 is 0. The molecule has 40 heavy (non-hydrogen) atoms. The van der Waals surface area contributed by atoms with Crippen molar-refractivity contribution in [1.29, 1.82) is 0 Å². The second-order valence-corrected chi connectivity index (χ2v) is 9.71. The van der Waals surface area contributed by atoms with Gasteiger partial charge in [-0.15, -0.1) is 0 Å². The number of carbonyl (C=O) groups excluding carboxylic acids is 2. The Kier molecular flexibility index (Phi) is 8.45. The fourth-order valence-corrected chi connectivity index (χ4v) is 4.96. The van der Waals surface area contributed by atoms with E-state index >= 15 is 0 Å². The van der Waals surface area contributed by atoms with Gasteiger partial charge in [-0.1, -0.05) is 61.9 Å². The molecule has 0 bridgehead atoms. The van der Waals surface area contributed by atoms with Crippen molar-refractivity contribution >= 4 is 33.4 Å². The first-order valence-corrected chi connectivity index (χ1v) is 13.6. The van der Waals surface area contributed by atoms with Crippen LogP contribution in [-0.2, 0) is 22.5 Å². The summed E-state index contributed by atoms with van der Waals surface area (Å²) in [6.45, 7) is 3.39. The van der Waals surface area contributed by atoms with Crippen LogP contribution in [0.5, 0.6) is 11.5 Å². The lowest BCUT2D eigenvalue weighted by Crippen LogP contribution is -2.10. The van der Waals surface area contributed by atoms with Crippen molar-refractivity contribution in [2.45, 2.75) is 32.7 Å². The molecule has 0 saturated carbocycles. The number of aromatic nitrogens is 1. The molecule has 0 amide bonds. The number of hydrogen-bond donors (Lipinski definition) is 0. The quantitative estimate of drug-likeness (QED) is 0.0978. The average molecular weight is 536 g/mol. The lowest BCUT2D eigenvalue weighted by Gasteiger charge is -2.15. The Bertz CT molecular complexity index is 1640. The molecule has 5 aromatic rings. The second kappa shape index (κ2) is 12.5. The van der Waals surface area contributed by atoms with Gasteiger partial charge in [0.25, 0.3) is 0 Å². The molecule has 0 unspecified atom stereocenters. The third-order valence-corrected chi connectivity index (χ3v) is 6.97. The number of methoxy groups -OCH3 is 1. The summed E-state index contributed by atoms with van der Waals surface area (Å²) < 4.78 is 18.8. The topological polar surface area (TPSA) is 66.8 Å². The normalized spacial score (nSPS) is 11.1. The van der Waals surface area contributed by atoms with Crippen LogP contribution in [0.25, 0.3) is 21.7 Å². The minimum atomic E-state index is -0.283. The molecule has 0 aliphatic carbocycles. The molecule has 4 aromatic carbocycles. The van der Waals surface area contributed by atoms with Gasteiger partial charge in [0.1, 0.15) is 18.0 Å². The SMILES string of the molecule is CCCc1c(OCCCOc2ccc3c(ccn3CC(=O)OC)c2)ccc2cc(C(=O)c3ccccc3)ccc12. The van der Waals surface area contributed by atoms with Gasteiger partial charge in [0.15, 0.2) is 5.78 Å². The zero-order chi connectivity index (χ0) is 27.9. The van der Waals surface area contributed by atoms with Gasteiger partial charge >= 0.3 is 5.97 Å². The van der Waals surface area contributed by atoms with Gasteiger partial charge in [0.2, 0.25) is 0 Å². The van der Waals surface area contributed by atoms with Gasteiger partial charge < -0.3 is 18.8 Å². The Hall–Kier alpha value is -4.58. The average Bonchev–Trinajstić information content (AvgIpc) is 3.39. The molecule has 5 rings (SSSR count). The van der Waals surface area contributed by atoms with E-state index in [-0.39, 0.29) is 18.3 Å². The number of aryl methyl sites for hydroxylation is 1. The number of ketones is 1. The molecule has 0 atom stereocenters. The second-order valence-electron chi connectivity index (χ2n) is 9.71. The van der Waals surface area contributed by atoms with Gasteiger partial charge in [-0.25, -0.2) is 0 Å². The van der Waals surface area contributed by atoms with E-state index in [1.54, 1.807) is 0 Å². The number of rotatable bonds is 12. The third kappa shape index (κ3) is 6.01. The minimum absolute atomic E-state index is 0.0257. The van der Waals surface area contributed by atoms with E-state index in [2.05, 4.69) is 6.92 Å². The fraction of sp³-hybridized carbons (Fsp3) is 0.235. The molecule has 0 saturated heterocycles. The molecule has 1 heterocycles. The van der Waals surface area contributed by atoms with Crippen LogP contribution in [0.2, 0.25) is 0 Å². The van der Waals surface area contributed by atoms with Gasteiger partial charge in [0.05, 0.1) is 20.3 Å². The summed E-state index contributed by atoms with van der Waals surface area (Å²) in [7, 11) is 1.39. The van der Waals surface area contributed by atoms with Crippen LogP contribution in [0.4, 0.5) is 0 Å². The largest absolute Gasteiger partial charge is 0.493 e. The summed E-state index contributed by atoms with van der Waals surface area (Å²) in [6.07, 6.45) is 4.49.